The van der Waals surface area contributed by atoms with Crippen LogP contribution in [0, 0.1) is 0 Å². The summed E-state index contributed by atoms with van der Waals surface area (Å²) >= 11 is 8.80. The van der Waals surface area contributed by atoms with Crippen molar-refractivity contribution in [3.63, 3.8) is 0 Å². The van der Waals surface area contributed by atoms with E-state index in [-0.39, 0.29) is 5.91 Å². The van der Waals surface area contributed by atoms with Gasteiger partial charge in [0.05, 0.1) is 10.6 Å². The van der Waals surface area contributed by atoms with Crippen molar-refractivity contribution in [2.45, 2.75) is 4.90 Å². The number of benzene rings is 1. The van der Waals surface area contributed by atoms with Gasteiger partial charge >= 0.3 is 0 Å². The zero-order valence-electron chi connectivity index (χ0n) is 8.81. The first-order valence-electron chi connectivity index (χ1n) is 4.62. The number of rotatable bonds is 3. The lowest BCUT2D eigenvalue weighted by molar-refractivity contribution is 0.102. The van der Waals surface area contributed by atoms with Crippen LogP contribution in [0.1, 0.15) is 10.4 Å². The second-order valence-corrected chi connectivity index (χ2v) is 5.16. The molecule has 0 fully saturated rings. The Hall–Kier alpha value is -1.11. The number of amides is 1. The molecule has 0 unspecified atom stereocenters. The van der Waals surface area contributed by atoms with Crippen LogP contribution >= 0.6 is 34.7 Å². The topological polar surface area (TPSA) is 54.9 Å². The van der Waals surface area contributed by atoms with Crippen molar-refractivity contribution in [1.82, 2.24) is 10.2 Å². The zero-order chi connectivity index (χ0) is 12.3. The summed E-state index contributed by atoms with van der Waals surface area (Å²) < 4.78 is 0. The molecular weight excluding hydrogens is 278 g/mol. The van der Waals surface area contributed by atoms with Gasteiger partial charge in [-0.3, -0.25) is 10.1 Å². The summed E-state index contributed by atoms with van der Waals surface area (Å²) in [7, 11) is 0. The molecule has 7 heteroatoms. The predicted molar refractivity (Wildman–Crippen MR) is 71.1 cm³/mol. The van der Waals surface area contributed by atoms with E-state index in [2.05, 4.69) is 15.5 Å². The molecule has 0 saturated carbocycles. The third kappa shape index (κ3) is 2.96. The van der Waals surface area contributed by atoms with Crippen LogP contribution in [0.3, 0.4) is 0 Å². The smallest absolute Gasteiger partial charge is 0.259 e. The number of anilines is 1. The molecule has 1 amide bonds. The Morgan fingerprint density at radius 3 is 3.00 bits per heavy atom. The van der Waals surface area contributed by atoms with Crippen molar-refractivity contribution in [3.05, 3.63) is 34.3 Å². The van der Waals surface area contributed by atoms with E-state index in [1.807, 2.05) is 12.3 Å². The largest absolute Gasteiger partial charge is 0.296 e. The summed E-state index contributed by atoms with van der Waals surface area (Å²) in [5.74, 6) is -0.275. The Bertz CT molecular complexity index is 530. The molecule has 0 saturated heterocycles. The molecule has 17 heavy (non-hydrogen) atoms. The Kier molecular flexibility index (Phi) is 3.98. The van der Waals surface area contributed by atoms with Gasteiger partial charge in [-0.05, 0) is 24.5 Å². The van der Waals surface area contributed by atoms with Gasteiger partial charge in [-0.2, -0.15) is 0 Å². The van der Waals surface area contributed by atoms with Crippen LogP contribution in [0.5, 0.6) is 0 Å². The summed E-state index contributed by atoms with van der Waals surface area (Å²) in [6, 6.07) is 5.33. The minimum Gasteiger partial charge on any atom is -0.296 e. The predicted octanol–water partition coefficient (Wildman–Crippen LogP) is 3.17. The van der Waals surface area contributed by atoms with Crippen LogP contribution in [-0.2, 0) is 0 Å². The van der Waals surface area contributed by atoms with Crippen molar-refractivity contribution in [2.75, 3.05) is 11.6 Å². The molecule has 2 aromatic rings. The van der Waals surface area contributed by atoms with E-state index in [1.54, 1.807) is 29.4 Å². The van der Waals surface area contributed by atoms with Crippen LogP contribution in [0.25, 0.3) is 0 Å². The lowest BCUT2D eigenvalue weighted by Gasteiger charge is -2.05. The lowest BCUT2D eigenvalue weighted by Crippen LogP contribution is -2.12. The summed E-state index contributed by atoms with van der Waals surface area (Å²) in [6.45, 7) is 0. The molecule has 1 heterocycles. The highest BCUT2D eigenvalue weighted by Crippen LogP contribution is 2.24. The zero-order valence-corrected chi connectivity index (χ0v) is 11.2. The molecule has 0 aliphatic heterocycles. The number of halogens is 1. The molecule has 2 rings (SSSR count). The van der Waals surface area contributed by atoms with Gasteiger partial charge < -0.3 is 0 Å². The van der Waals surface area contributed by atoms with Gasteiger partial charge in [-0.15, -0.1) is 22.0 Å². The van der Waals surface area contributed by atoms with Crippen molar-refractivity contribution in [1.29, 1.82) is 0 Å². The Morgan fingerprint density at radius 2 is 2.35 bits per heavy atom. The number of hydrogen-bond acceptors (Lipinski definition) is 5. The summed E-state index contributed by atoms with van der Waals surface area (Å²) in [5.41, 5.74) is 1.99. The van der Waals surface area contributed by atoms with Gasteiger partial charge in [-0.25, -0.2) is 0 Å². The van der Waals surface area contributed by atoms with Crippen molar-refractivity contribution < 1.29 is 4.79 Å². The Balaban J connectivity index is 2.24. The second kappa shape index (κ2) is 5.48. The molecule has 0 aliphatic carbocycles. The molecule has 1 aromatic heterocycles. The highest BCUT2D eigenvalue weighted by Gasteiger charge is 2.12. The highest BCUT2D eigenvalue weighted by molar-refractivity contribution is 7.98. The fourth-order valence-corrected chi connectivity index (χ4v) is 2.28. The fourth-order valence-electron chi connectivity index (χ4n) is 1.20. The summed E-state index contributed by atoms with van der Waals surface area (Å²) in [6.07, 6.45) is 1.94. The minimum atomic E-state index is -0.275. The first kappa shape index (κ1) is 12.3. The van der Waals surface area contributed by atoms with Gasteiger partial charge in [0.2, 0.25) is 5.13 Å². The van der Waals surface area contributed by atoms with E-state index < -0.39 is 0 Å². The molecule has 0 aliphatic rings. The van der Waals surface area contributed by atoms with E-state index in [0.29, 0.717) is 15.7 Å². The van der Waals surface area contributed by atoms with Crippen LogP contribution < -0.4 is 5.32 Å². The van der Waals surface area contributed by atoms with Gasteiger partial charge in [0.25, 0.3) is 5.91 Å². The third-order valence-electron chi connectivity index (χ3n) is 2.00. The van der Waals surface area contributed by atoms with Crippen LogP contribution in [0.2, 0.25) is 5.02 Å². The summed E-state index contributed by atoms with van der Waals surface area (Å²) in [5, 5.41) is 10.9. The van der Waals surface area contributed by atoms with Crippen molar-refractivity contribution in [2.24, 2.45) is 0 Å². The second-order valence-electron chi connectivity index (χ2n) is 3.04. The number of thioether (sulfide) groups is 1. The van der Waals surface area contributed by atoms with Gasteiger partial charge in [0, 0.05) is 4.90 Å². The molecule has 4 nitrogen and oxygen atoms in total. The normalized spacial score (nSPS) is 10.2. The molecule has 1 aromatic carbocycles. The molecule has 0 spiro atoms. The molecule has 0 radical (unpaired) electrons. The Morgan fingerprint density at radius 1 is 1.53 bits per heavy atom. The number of carbonyl (C=O) groups excluding carboxylic acids is 1. The fraction of sp³-hybridized carbons (Fsp3) is 0.100. The quantitative estimate of drug-likeness (QED) is 0.880. The van der Waals surface area contributed by atoms with E-state index >= 15 is 0 Å². The average Bonchev–Trinajstić information content (AvgIpc) is 2.82. The Labute approximate surface area is 111 Å². The minimum absolute atomic E-state index is 0.275. The number of hydrogen-bond donors (Lipinski definition) is 1. The maximum Gasteiger partial charge on any atom is 0.259 e. The monoisotopic (exact) mass is 285 g/mol. The number of nitrogens with one attached hydrogen (secondary N) is 1. The molecule has 1 N–H and O–H groups in total. The summed E-state index contributed by atoms with van der Waals surface area (Å²) in [4.78, 5) is 12.9. The van der Waals surface area contributed by atoms with E-state index in [0.717, 1.165) is 4.90 Å². The van der Waals surface area contributed by atoms with Gasteiger partial charge in [0.1, 0.15) is 5.51 Å². The van der Waals surface area contributed by atoms with Gasteiger partial charge in [0.15, 0.2) is 0 Å². The maximum atomic E-state index is 11.9. The SMILES string of the molecule is CSc1ccc(Cl)c(C(=O)Nc2nncs2)c1. The number of aromatic nitrogens is 2. The van der Waals surface area contributed by atoms with Crippen LogP contribution in [-0.4, -0.2) is 22.4 Å². The average molecular weight is 286 g/mol. The standard InChI is InChI=1S/C10H8ClN3OS2/c1-16-6-2-3-8(11)7(4-6)9(15)13-10-14-12-5-17-10/h2-5H,1H3,(H,13,14,15). The van der Waals surface area contributed by atoms with Gasteiger partial charge in [-0.1, -0.05) is 22.9 Å². The van der Waals surface area contributed by atoms with Crippen molar-refractivity contribution in [3.8, 4) is 0 Å². The third-order valence-corrected chi connectivity index (χ3v) is 3.66. The van der Waals surface area contributed by atoms with Crippen molar-refractivity contribution >= 4 is 45.7 Å². The molecule has 88 valence electrons. The molecular formula is C10H8ClN3OS2. The van der Waals surface area contributed by atoms with E-state index in [9.17, 15) is 4.79 Å². The van der Waals surface area contributed by atoms with E-state index in [4.69, 9.17) is 11.6 Å². The highest BCUT2D eigenvalue weighted by atomic mass is 35.5. The molecule has 0 bridgehead atoms. The number of carbonyl (C=O) groups is 1. The number of nitrogens with zero attached hydrogens (tertiary/aromatic N) is 2. The van der Waals surface area contributed by atoms with Crippen LogP contribution in [0.4, 0.5) is 5.13 Å². The first-order chi connectivity index (χ1) is 8.20. The van der Waals surface area contributed by atoms with E-state index in [1.165, 1.54) is 11.3 Å². The molecule has 0 atom stereocenters. The first-order valence-corrected chi connectivity index (χ1v) is 7.10. The maximum absolute atomic E-state index is 11.9. The lowest BCUT2D eigenvalue weighted by atomic mass is 10.2. The van der Waals surface area contributed by atoms with Crippen LogP contribution in [0.15, 0.2) is 28.6 Å².